The molecule has 1 aliphatic rings. The van der Waals surface area contributed by atoms with Crippen molar-refractivity contribution < 1.29 is 5.11 Å². The molecule has 2 aromatic carbocycles. The van der Waals surface area contributed by atoms with E-state index >= 15 is 0 Å². The molecular formula is C16H17NO. The zero-order valence-electron chi connectivity index (χ0n) is 10.3. The maximum atomic E-state index is 9.01. The van der Waals surface area contributed by atoms with Crippen LogP contribution in [0.2, 0.25) is 0 Å². The Balaban J connectivity index is 1.68. The first-order valence-corrected chi connectivity index (χ1v) is 6.38. The minimum absolute atomic E-state index is 0.106. The van der Waals surface area contributed by atoms with E-state index in [1.807, 2.05) is 24.3 Å². The first-order valence-electron chi connectivity index (χ1n) is 6.38. The lowest BCUT2D eigenvalue weighted by molar-refractivity contribution is 0.282. The van der Waals surface area contributed by atoms with Crippen LogP contribution in [0.15, 0.2) is 48.5 Å². The van der Waals surface area contributed by atoms with E-state index in [4.69, 9.17) is 5.11 Å². The number of benzene rings is 2. The Hall–Kier alpha value is -1.80. The largest absolute Gasteiger partial charge is 0.392 e. The molecule has 2 N–H and O–H groups in total. The standard InChI is InChI=1S/C16H17NO/c18-11-12-5-7-15(8-6-12)17-16-9-13-3-1-2-4-14(13)10-16/h1-8,16-18H,9-11H2. The van der Waals surface area contributed by atoms with Crippen molar-refractivity contribution in [2.45, 2.75) is 25.5 Å². The lowest BCUT2D eigenvalue weighted by Crippen LogP contribution is -2.19. The highest BCUT2D eigenvalue weighted by atomic mass is 16.3. The van der Waals surface area contributed by atoms with Gasteiger partial charge in [-0.05, 0) is 41.7 Å². The molecule has 2 nitrogen and oxygen atoms in total. The van der Waals surface area contributed by atoms with Crippen LogP contribution in [0.3, 0.4) is 0 Å². The van der Waals surface area contributed by atoms with Crippen molar-refractivity contribution in [3.8, 4) is 0 Å². The summed E-state index contributed by atoms with van der Waals surface area (Å²) in [7, 11) is 0. The fraction of sp³-hybridized carbons (Fsp3) is 0.250. The second kappa shape index (κ2) is 4.83. The van der Waals surface area contributed by atoms with Crippen molar-refractivity contribution in [1.82, 2.24) is 0 Å². The van der Waals surface area contributed by atoms with E-state index in [9.17, 15) is 0 Å². The zero-order chi connectivity index (χ0) is 12.4. The Morgan fingerprint density at radius 2 is 1.56 bits per heavy atom. The molecular weight excluding hydrogens is 222 g/mol. The summed E-state index contributed by atoms with van der Waals surface area (Å²) >= 11 is 0. The van der Waals surface area contributed by atoms with E-state index in [0.29, 0.717) is 6.04 Å². The van der Waals surface area contributed by atoms with E-state index in [2.05, 4.69) is 29.6 Å². The summed E-state index contributed by atoms with van der Waals surface area (Å²) < 4.78 is 0. The van der Waals surface area contributed by atoms with Crippen LogP contribution in [0.25, 0.3) is 0 Å². The molecule has 0 unspecified atom stereocenters. The van der Waals surface area contributed by atoms with Crippen molar-refractivity contribution in [1.29, 1.82) is 0 Å². The van der Waals surface area contributed by atoms with E-state index < -0.39 is 0 Å². The fourth-order valence-electron chi connectivity index (χ4n) is 2.60. The Kier molecular flexibility index (Phi) is 3.03. The molecule has 0 saturated carbocycles. The monoisotopic (exact) mass is 239 g/mol. The highest BCUT2D eigenvalue weighted by Gasteiger charge is 2.20. The van der Waals surface area contributed by atoms with E-state index in [1.165, 1.54) is 11.1 Å². The van der Waals surface area contributed by atoms with E-state index in [-0.39, 0.29) is 6.61 Å². The Bertz CT molecular complexity index is 508. The van der Waals surface area contributed by atoms with Crippen molar-refractivity contribution in [3.05, 3.63) is 65.2 Å². The van der Waals surface area contributed by atoms with Crippen LogP contribution in [-0.4, -0.2) is 11.1 Å². The Morgan fingerprint density at radius 3 is 2.11 bits per heavy atom. The predicted octanol–water partition coefficient (Wildman–Crippen LogP) is 2.76. The molecule has 18 heavy (non-hydrogen) atoms. The molecule has 0 saturated heterocycles. The van der Waals surface area contributed by atoms with Gasteiger partial charge in [0.05, 0.1) is 6.61 Å². The van der Waals surface area contributed by atoms with Crippen LogP contribution in [0, 0.1) is 0 Å². The summed E-state index contributed by atoms with van der Waals surface area (Å²) in [5.74, 6) is 0. The number of aliphatic hydroxyl groups excluding tert-OH is 1. The molecule has 0 fully saturated rings. The van der Waals surface area contributed by atoms with Gasteiger partial charge in [0.15, 0.2) is 0 Å². The van der Waals surface area contributed by atoms with Crippen molar-refractivity contribution in [2.75, 3.05) is 5.32 Å². The molecule has 0 atom stereocenters. The predicted molar refractivity (Wildman–Crippen MR) is 73.6 cm³/mol. The van der Waals surface area contributed by atoms with Crippen LogP contribution in [0.5, 0.6) is 0 Å². The van der Waals surface area contributed by atoms with Crippen molar-refractivity contribution in [3.63, 3.8) is 0 Å². The molecule has 0 radical (unpaired) electrons. The summed E-state index contributed by atoms with van der Waals surface area (Å²) in [6.07, 6.45) is 2.19. The van der Waals surface area contributed by atoms with Gasteiger partial charge in [-0.1, -0.05) is 36.4 Å². The number of hydrogen-bond acceptors (Lipinski definition) is 2. The molecule has 92 valence electrons. The molecule has 0 spiro atoms. The van der Waals surface area contributed by atoms with Gasteiger partial charge in [0, 0.05) is 11.7 Å². The van der Waals surface area contributed by atoms with Gasteiger partial charge in [-0.25, -0.2) is 0 Å². The normalized spacial score (nSPS) is 14.5. The van der Waals surface area contributed by atoms with Gasteiger partial charge in [0.1, 0.15) is 0 Å². The third kappa shape index (κ3) is 2.24. The van der Waals surface area contributed by atoms with Crippen LogP contribution in [-0.2, 0) is 19.4 Å². The third-order valence-electron chi connectivity index (χ3n) is 3.56. The number of aliphatic hydroxyl groups is 1. The van der Waals surface area contributed by atoms with Gasteiger partial charge in [-0.2, -0.15) is 0 Å². The summed E-state index contributed by atoms with van der Waals surface area (Å²) in [6.45, 7) is 0.106. The minimum atomic E-state index is 0.106. The van der Waals surface area contributed by atoms with Gasteiger partial charge in [0.25, 0.3) is 0 Å². The van der Waals surface area contributed by atoms with E-state index in [1.54, 1.807) is 0 Å². The van der Waals surface area contributed by atoms with Crippen molar-refractivity contribution >= 4 is 5.69 Å². The number of hydrogen-bond donors (Lipinski definition) is 2. The molecule has 0 amide bonds. The summed E-state index contributed by atoms with van der Waals surface area (Å²) in [4.78, 5) is 0. The number of fused-ring (bicyclic) bond motifs is 1. The molecule has 0 heterocycles. The Morgan fingerprint density at radius 1 is 0.944 bits per heavy atom. The van der Waals surface area contributed by atoms with Gasteiger partial charge in [0.2, 0.25) is 0 Å². The SMILES string of the molecule is OCc1ccc(NC2Cc3ccccc3C2)cc1. The smallest absolute Gasteiger partial charge is 0.0681 e. The number of nitrogens with one attached hydrogen (secondary N) is 1. The summed E-state index contributed by atoms with van der Waals surface area (Å²) in [5, 5.41) is 12.6. The lowest BCUT2D eigenvalue weighted by Gasteiger charge is -2.13. The van der Waals surface area contributed by atoms with E-state index in [0.717, 1.165) is 24.1 Å². The molecule has 3 rings (SSSR count). The summed E-state index contributed by atoms with van der Waals surface area (Å²) in [6, 6.07) is 17.1. The first kappa shape index (κ1) is 11.3. The third-order valence-corrected chi connectivity index (χ3v) is 3.56. The minimum Gasteiger partial charge on any atom is -0.392 e. The van der Waals surface area contributed by atoms with Crippen LogP contribution < -0.4 is 5.32 Å². The van der Waals surface area contributed by atoms with Gasteiger partial charge < -0.3 is 10.4 Å². The Labute approximate surface area is 107 Å². The van der Waals surface area contributed by atoms with Crippen LogP contribution >= 0.6 is 0 Å². The maximum absolute atomic E-state index is 9.01. The van der Waals surface area contributed by atoms with Crippen LogP contribution in [0.4, 0.5) is 5.69 Å². The number of rotatable bonds is 3. The fourth-order valence-corrected chi connectivity index (χ4v) is 2.60. The molecule has 2 heteroatoms. The van der Waals surface area contributed by atoms with Gasteiger partial charge in [-0.15, -0.1) is 0 Å². The quantitative estimate of drug-likeness (QED) is 0.863. The second-order valence-corrected chi connectivity index (χ2v) is 4.87. The molecule has 1 aliphatic carbocycles. The highest BCUT2D eigenvalue weighted by Crippen LogP contribution is 2.24. The van der Waals surface area contributed by atoms with Crippen molar-refractivity contribution in [2.24, 2.45) is 0 Å². The lowest BCUT2D eigenvalue weighted by atomic mass is 10.1. The second-order valence-electron chi connectivity index (χ2n) is 4.87. The van der Waals surface area contributed by atoms with Gasteiger partial charge >= 0.3 is 0 Å². The molecule has 2 aromatic rings. The highest BCUT2D eigenvalue weighted by molar-refractivity contribution is 5.47. The average Bonchev–Trinajstić information content (AvgIpc) is 2.82. The topological polar surface area (TPSA) is 32.3 Å². The molecule has 0 aromatic heterocycles. The molecule has 0 aliphatic heterocycles. The summed E-state index contributed by atoms with van der Waals surface area (Å²) in [5.41, 5.74) is 5.00. The van der Waals surface area contributed by atoms with Crippen LogP contribution in [0.1, 0.15) is 16.7 Å². The number of anilines is 1. The maximum Gasteiger partial charge on any atom is 0.0681 e. The van der Waals surface area contributed by atoms with Gasteiger partial charge in [-0.3, -0.25) is 0 Å². The first-order chi connectivity index (χ1) is 8.85. The average molecular weight is 239 g/mol. The molecule has 0 bridgehead atoms. The zero-order valence-corrected chi connectivity index (χ0v) is 10.3.